The Balaban J connectivity index is 1.89. The molecule has 2 N–H and O–H groups in total. The molecule has 104 valence electrons. The van der Waals surface area contributed by atoms with Crippen molar-refractivity contribution in [2.75, 3.05) is 5.32 Å². The number of thiophene rings is 1. The predicted molar refractivity (Wildman–Crippen MR) is 79.2 cm³/mol. The maximum absolute atomic E-state index is 11.0. The molecule has 0 spiro atoms. The smallest absolute Gasteiger partial charge is 0.310 e. The maximum Gasteiger partial charge on any atom is 0.310 e. The van der Waals surface area contributed by atoms with E-state index < -0.39 is 11.9 Å². The van der Waals surface area contributed by atoms with Gasteiger partial charge in [0.25, 0.3) is 0 Å². The minimum Gasteiger partial charge on any atom is -0.481 e. The van der Waals surface area contributed by atoms with Gasteiger partial charge >= 0.3 is 5.97 Å². The third kappa shape index (κ3) is 2.16. The molecule has 5 nitrogen and oxygen atoms in total. The highest BCUT2D eigenvalue weighted by atomic mass is 32.1. The predicted octanol–water partition coefficient (Wildman–Crippen LogP) is 2.75. The van der Waals surface area contributed by atoms with Crippen molar-refractivity contribution in [3.05, 3.63) is 28.9 Å². The number of hydrogen-bond acceptors (Lipinski definition) is 5. The van der Waals surface area contributed by atoms with Crippen LogP contribution in [0.15, 0.2) is 18.5 Å². The Morgan fingerprint density at radius 2 is 2.20 bits per heavy atom. The summed E-state index contributed by atoms with van der Waals surface area (Å²) in [4.78, 5) is 21.8. The molecule has 2 aromatic rings. The molecule has 0 radical (unpaired) electrons. The van der Waals surface area contributed by atoms with Gasteiger partial charge in [0.05, 0.1) is 11.3 Å². The number of carboxylic acids is 1. The molecule has 0 aromatic carbocycles. The van der Waals surface area contributed by atoms with E-state index in [1.807, 2.05) is 6.08 Å². The Morgan fingerprint density at radius 1 is 1.40 bits per heavy atom. The van der Waals surface area contributed by atoms with E-state index >= 15 is 0 Å². The third-order valence-corrected chi connectivity index (χ3v) is 4.80. The van der Waals surface area contributed by atoms with E-state index in [1.54, 1.807) is 23.7 Å². The van der Waals surface area contributed by atoms with Gasteiger partial charge < -0.3 is 10.4 Å². The van der Waals surface area contributed by atoms with Gasteiger partial charge in [0.15, 0.2) is 0 Å². The molecular formula is C14H15N3O2S. The SMILES string of the molecule is Cc1sc2ncnc(NC3C=CC(C(=O)O)C3)c2c1C. The Labute approximate surface area is 120 Å². The molecule has 2 atom stereocenters. The Morgan fingerprint density at radius 3 is 2.90 bits per heavy atom. The molecule has 0 saturated heterocycles. The fourth-order valence-electron chi connectivity index (χ4n) is 2.46. The molecule has 1 aliphatic carbocycles. The Kier molecular flexibility index (Phi) is 3.17. The zero-order valence-corrected chi connectivity index (χ0v) is 12.1. The zero-order chi connectivity index (χ0) is 14.3. The average molecular weight is 289 g/mol. The minimum absolute atomic E-state index is 0.00815. The fraction of sp³-hybridized carbons (Fsp3) is 0.357. The molecule has 0 aliphatic heterocycles. The molecule has 0 fully saturated rings. The number of nitrogens with zero attached hydrogens (tertiary/aromatic N) is 2. The lowest BCUT2D eigenvalue weighted by Gasteiger charge is -2.13. The van der Waals surface area contributed by atoms with Crippen LogP contribution in [-0.2, 0) is 4.79 Å². The normalized spacial score (nSPS) is 21.5. The van der Waals surface area contributed by atoms with Gasteiger partial charge in [-0.1, -0.05) is 12.2 Å². The highest BCUT2D eigenvalue weighted by Crippen LogP contribution is 2.33. The highest BCUT2D eigenvalue weighted by molar-refractivity contribution is 7.18. The van der Waals surface area contributed by atoms with E-state index in [9.17, 15) is 4.79 Å². The second-order valence-electron chi connectivity index (χ2n) is 5.00. The summed E-state index contributed by atoms with van der Waals surface area (Å²) in [6.07, 6.45) is 5.75. The number of nitrogens with one attached hydrogen (secondary N) is 1. The van der Waals surface area contributed by atoms with Crippen molar-refractivity contribution < 1.29 is 9.90 Å². The summed E-state index contributed by atoms with van der Waals surface area (Å²) in [5.74, 6) is -0.395. The van der Waals surface area contributed by atoms with Crippen molar-refractivity contribution in [2.45, 2.75) is 26.3 Å². The zero-order valence-electron chi connectivity index (χ0n) is 11.3. The maximum atomic E-state index is 11.0. The van der Waals surface area contributed by atoms with Crippen molar-refractivity contribution in [3.63, 3.8) is 0 Å². The Hall–Kier alpha value is -1.95. The number of rotatable bonds is 3. The van der Waals surface area contributed by atoms with Crippen LogP contribution in [0.2, 0.25) is 0 Å². The Bertz CT molecular complexity index is 708. The molecule has 1 aliphatic rings. The number of fused-ring (bicyclic) bond motifs is 1. The molecular weight excluding hydrogens is 274 g/mol. The highest BCUT2D eigenvalue weighted by Gasteiger charge is 2.25. The molecule has 0 amide bonds. The first kappa shape index (κ1) is 13.1. The summed E-state index contributed by atoms with van der Waals surface area (Å²) in [6, 6.07) is 0.00815. The van der Waals surface area contributed by atoms with E-state index in [1.165, 1.54) is 10.4 Å². The van der Waals surface area contributed by atoms with Crippen molar-refractivity contribution >= 4 is 33.3 Å². The largest absolute Gasteiger partial charge is 0.481 e. The van der Waals surface area contributed by atoms with Crippen molar-refractivity contribution in [2.24, 2.45) is 5.92 Å². The van der Waals surface area contributed by atoms with Crippen LogP contribution in [0.5, 0.6) is 0 Å². The second-order valence-corrected chi connectivity index (χ2v) is 6.21. The van der Waals surface area contributed by atoms with E-state index in [0.29, 0.717) is 6.42 Å². The van der Waals surface area contributed by atoms with Gasteiger partial charge in [-0.3, -0.25) is 4.79 Å². The van der Waals surface area contributed by atoms with E-state index in [4.69, 9.17) is 5.11 Å². The van der Waals surface area contributed by atoms with Gasteiger partial charge in [-0.05, 0) is 25.8 Å². The lowest BCUT2D eigenvalue weighted by atomic mass is 10.1. The minimum atomic E-state index is -0.777. The number of hydrogen-bond donors (Lipinski definition) is 2. The molecule has 0 saturated carbocycles. The summed E-state index contributed by atoms with van der Waals surface area (Å²) in [5, 5.41) is 13.4. The van der Waals surface area contributed by atoms with Crippen LogP contribution in [0.4, 0.5) is 5.82 Å². The molecule has 20 heavy (non-hydrogen) atoms. The molecule has 3 rings (SSSR count). The topological polar surface area (TPSA) is 75.1 Å². The van der Waals surface area contributed by atoms with Crippen LogP contribution in [0.3, 0.4) is 0 Å². The molecule has 0 bridgehead atoms. The quantitative estimate of drug-likeness (QED) is 0.850. The van der Waals surface area contributed by atoms with E-state index in [2.05, 4.69) is 29.1 Å². The van der Waals surface area contributed by atoms with Crippen LogP contribution in [0, 0.1) is 19.8 Å². The van der Waals surface area contributed by atoms with Gasteiger partial charge in [0, 0.05) is 10.9 Å². The molecule has 2 heterocycles. The van der Waals surface area contributed by atoms with Gasteiger partial charge in [-0.25, -0.2) is 9.97 Å². The number of anilines is 1. The number of aliphatic carboxylic acids is 1. The van der Waals surface area contributed by atoms with E-state index in [0.717, 1.165) is 16.0 Å². The summed E-state index contributed by atoms with van der Waals surface area (Å²) >= 11 is 1.65. The first-order valence-electron chi connectivity index (χ1n) is 6.44. The second kappa shape index (κ2) is 4.86. The van der Waals surface area contributed by atoms with Crippen LogP contribution in [-0.4, -0.2) is 27.1 Å². The third-order valence-electron chi connectivity index (χ3n) is 3.69. The fourth-order valence-corrected chi connectivity index (χ4v) is 3.45. The van der Waals surface area contributed by atoms with Crippen LogP contribution >= 0.6 is 11.3 Å². The van der Waals surface area contributed by atoms with Crippen LogP contribution < -0.4 is 5.32 Å². The first-order chi connectivity index (χ1) is 9.56. The van der Waals surface area contributed by atoms with Crippen molar-refractivity contribution in [3.8, 4) is 0 Å². The van der Waals surface area contributed by atoms with Gasteiger partial charge in [0.1, 0.15) is 17.0 Å². The van der Waals surface area contributed by atoms with Crippen molar-refractivity contribution in [1.29, 1.82) is 0 Å². The lowest BCUT2D eigenvalue weighted by molar-refractivity contribution is -0.140. The summed E-state index contributed by atoms with van der Waals surface area (Å²) in [6.45, 7) is 4.13. The van der Waals surface area contributed by atoms with E-state index in [-0.39, 0.29) is 6.04 Å². The van der Waals surface area contributed by atoms with Gasteiger partial charge in [-0.2, -0.15) is 0 Å². The molecule has 2 unspecified atom stereocenters. The van der Waals surface area contributed by atoms with Gasteiger partial charge in [-0.15, -0.1) is 11.3 Å². The summed E-state index contributed by atoms with van der Waals surface area (Å²) in [5.41, 5.74) is 1.19. The molecule has 6 heteroatoms. The number of aryl methyl sites for hydroxylation is 2. The first-order valence-corrected chi connectivity index (χ1v) is 7.26. The monoisotopic (exact) mass is 289 g/mol. The standard InChI is InChI=1S/C14H15N3O2S/c1-7-8(2)20-13-11(7)12(15-6-16-13)17-10-4-3-9(5-10)14(18)19/h3-4,6,9-10H,5H2,1-2H3,(H,18,19)(H,15,16,17). The van der Waals surface area contributed by atoms with Crippen molar-refractivity contribution in [1.82, 2.24) is 9.97 Å². The number of carbonyl (C=O) groups is 1. The lowest BCUT2D eigenvalue weighted by Crippen LogP contribution is -2.19. The number of aromatic nitrogens is 2. The summed E-state index contributed by atoms with van der Waals surface area (Å²) < 4.78 is 0. The summed E-state index contributed by atoms with van der Waals surface area (Å²) in [7, 11) is 0. The average Bonchev–Trinajstić information content (AvgIpc) is 2.97. The number of carboxylic acid groups (broad SMARTS) is 1. The molecule has 2 aromatic heterocycles. The van der Waals surface area contributed by atoms with Crippen LogP contribution in [0.1, 0.15) is 16.9 Å². The van der Waals surface area contributed by atoms with Crippen LogP contribution in [0.25, 0.3) is 10.2 Å². The van der Waals surface area contributed by atoms with Gasteiger partial charge in [0.2, 0.25) is 0 Å².